The van der Waals surface area contributed by atoms with E-state index in [0.29, 0.717) is 0 Å². The van der Waals surface area contributed by atoms with Gasteiger partial charge in [-0.25, -0.2) is 0 Å². The molecule has 0 aliphatic rings. The molecule has 2 nitrogen and oxygen atoms in total. The van der Waals surface area contributed by atoms with Gasteiger partial charge >= 0.3 is 0 Å². The molecule has 0 bridgehead atoms. The van der Waals surface area contributed by atoms with Gasteiger partial charge < -0.3 is 5.32 Å². The van der Waals surface area contributed by atoms with Crippen LogP contribution in [0.1, 0.15) is 26.2 Å². The number of carbonyl (C=O) groups is 1. The third-order valence-electron chi connectivity index (χ3n) is 1.42. The number of hydrogen-bond acceptors (Lipinski definition) is 1. The lowest BCUT2D eigenvalue weighted by molar-refractivity contribution is -0.116. The number of rotatable bonds is 5. The minimum atomic E-state index is -0.0329. The molecule has 68 valence electrons. The highest BCUT2D eigenvalue weighted by Gasteiger charge is 1.85. The van der Waals surface area contributed by atoms with Crippen molar-refractivity contribution in [2.75, 3.05) is 7.05 Å². The van der Waals surface area contributed by atoms with Crippen LogP contribution in [0, 0.1) is 0 Å². The van der Waals surface area contributed by atoms with Gasteiger partial charge in [-0.15, -0.1) is 0 Å². The van der Waals surface area contributed by atoms with Crippen molar-refractivity contribution < 1.29 is 4.79 Å². The third kappa shape index (κ3) is 7.06. The SMILES string of the molecule is CC/C=C/CC/C=C/C(=O)NC. The highest BCUT2D eigenvalue weighted by molar-refractivity contribution is 5.87. The zero-order chi connectivity index (χ0) is 9.23. The van der Waals surface area contributed by atoms with Crippen molar-refractivity contribution in [2.24, 2.45) is 0 Å². The van der Waals surface area contributed by atoms with Gasteiger partial charge in [0.25, 0.3) is 0 Å². The van der Waals surface area contributed by atoms with Gasteiger partial charge in [-0.2, -0.15) is 0 Å². The van der Waals surface area contributed by atoms with E-state index in [9.17, 15) is 4.79 Å². The zero-order valence-electron chi connectivity index (χ0n) is 7.84. The average molecular weight is 167 g/mol. The topological polar surface area (TPSA) is 29.1 Å². The molecule has 0 aromatic heterocycles. The summed E-state index contributed by atoms with van der Waals surface area (Å²) < 4.78 is 0. The molecule has 0 spiro atoms. The summed E-state index contributed by atoms with van der Waals surface area (Å²) in [5, 5.41) is 2.52. The largest absolute Gasteiger partial charge is 0.356 e. The summed E-state index contributed by atoms with van der Waals surface area (Å²) in [7, 11) is 1.63. The van der Waals surface area contributed by atoms with Gasteiger partial charge in [0.15, 0.2) is 0 Å². The molecule has 0 fully saturated rings. The van der Waals surface area contributed by atoms with Crippen molar-refractivity contribution in [3.8, 4) is 0 Å². The van der Waals surface area contributed by atoms with E-state index in [-0.39, 0.29) is 5.91 Å². The number of carbonyl (C=O) groups excluding carboxylic acids is 1. The Hall–Kier alpha value is -1.05. The van der Waals surface area contributed by atoms with Crippen molar-refractivity contribution in [1.82, 2.24) is 5.32 Å². The fraction of sp³-hybridized carbons (Fsp3) is 0.500. The number of likely N-dealkylation sites (N-methyl/N-ethyl adjacent to an activating group) is 1. The molecule has 0 atom stereocenters. The zero-order valence-corrected chi connectivity index (χ0v) is 7.84. The molecular formula is C10H17NO. The Morgan fingerprint density at radius 1 is 1.25 bits per heavy atom. The van der Waals surface area contributed by atoms with Crippen molar-refractivity contribution in [3.05, 3.63) is 24.3 Å². The Morgan fingerprint density at radius 3 is 2.50 bits per heavy atom. The summed E-state index contributed by atoms with van der Waals surface area (Å²) in [4.78, 5) is 10.7. The Morgan fingerprint density at radius 2 is 1.92 bits per heavy atom. The molecule has 0 aliphatic carbocycles. The third-order valence-corrected chi connectivity index (χ3v) is 1.42. The fourth-order valence-corrected chi connectivity index (χ4v) is 0.751. The molecule has 1 amide bonds. The van der Waals surface area contributed by atoms with Gasteiger partial charge in [-0.1, -0.05) is 25.2 Å². The number of nitrogens with one attached hydrogen (secondary N) is 1. The van der Waals surface area contributed by atoms with E-state index in [1.165, 1.54) is 0 Å². The maximum absolute atomic E-state index is 10.7. The summed E-state index contributed by atoms with van der Waals surface area (Å²) in [6, 6.07) is 0. The average Bonchev–Trinajstić information content (AvgIpc) is 2.10. The van der Waals surface area contributed by atoms with E-state index in [4.69, 9.17) is 0 Å². The molecule has 2 heteroatoms. The molecule has 12 heavy (non-hydrogen) atoms. The van der Waals surface area contributed by atoms with E-state index in [1.807, 2.05) is 6.08 Å². The van der Waals surface area contributed by atoms with Crippen LogP contribution in [0.4, 0.5) is 0 Å². The van der Waals surface area contributed by atoms with Crippen LogP contribution >= 0.6 is 0 Å². The van der Waals surface area contributed by atoms with E-state index < -0.39 is 0 Å². The first kappa shape index (κ1) is 11.0. The van der Waals surface area contributed by atoms with Crippen LogP contribution < -0.4 is 5.32 Å². The summed E-state index contributed by atoms with van der Waals surface area (Å²) in [6.45, 7) is 2.11. The van der Waals surface area contributed by atoms with Crippen LogP contribution in [-0.2, 0) is 4.79 Å². The Bertz CT molecular complexity index is 171. The number of allylic oxidation sites excluding steroid dienone is 3. The van der Waals surface area contributed by atoms with E-state index in [0.717, 1.165) is 19.3 Å². The molecule has 1 N–H and O–H groups in total. The first-order valence-electron chi connectivity index (χ1n) is 4.34. The molecule has 0 aromatic rings. The van der Waals surface area contributed by atoms with Crippen molar-refractivity contribution >= 4 is 5.91 Å². The molecule has 0 saturated carbocycles. The predicted octanol–water partition coefficient (Wildman–Crippen LogP) is 2.04. The van der Waals surface area contributed by atoms with Crippen molar-refractivity contribution in [2.45, 2.75) is 26.2 Å². The number of unbranched alkanes of at least 4 members (excludes halogenated alkanes) is 1. The van der Waals surface area contributed by atoms with Crippen LogP contribution in [0.2, 0.25) is 0 Å². The fourth-order valence-electron chi connectivity index (χ4n) is 0.751. The van der Waals surface area contributed by atoms with Gasteiger partial charge in [0.2, 0.25) is 5.91 Å². The Labute approximate surface area is 74.4 Å². The summed E-state index contributed by atoms with van der Waals surface area (Å²) in [5.41, 5.74) is 0. The quantitative estimate of drug-likeness (QED) is 0.379. The summed E-state index contributed by atoms with van der Waals surface area (Å²) >= 11 is 0. The van der Waals surface area contributed by atoms with Crippen molar-refractivity contribution in [1.29, 1.82) is 0 Å². The lowest BCUT2D eigenvalue weighted by Crippen LogP contribution is -2.13. The van der Waals surface area contributed by atoms with Crippen LogP contribution in [0.5, 0.6) is 0 Å². The van der Waals surface area contributed by atoms with Gasteiger partial charge in [0, 0.05) is 7.05 Å². The van der Waals surface area contributed by atoms with Gasteiger partial charge in [-0.05, 0) is 25.3 Å². The monoisotopic (exact) mass is 167 g/mol. The number of amides is 1. The molecule has 0 aliphatic heterocycles. The van der Waals surface area contributed by atoms with Crippen LogP contribution in [0.15, 0.2) is 24.3 Å². The first-order chi connectivity index (χ1) is 5.81. The molecule has 0 unspecified atom stereocenters. The molecule has 0 heterocycles. The van der Waals surface area contributed by atoms with Crippen LogP contribution in [0.3, 0.4) is 0 Å². The second-order valence-electron chi connectivity index (χ2n) is 2.47. The number of hydrogen-bond donors (Lipinski definition) is 1. The normalized spacial score (nSPS) is 11.2. The summed E-state index contributed by atoms with van der Waals surface area (Å²) in [6.07, 6.45) is 10.8. The molecular weight excluding hydrogens is 150 g/mol. The lowest BCUT2D eigenvalue weighted by atomic mass is 10.2. The van der Waals surface area contributed by atoms with Gasteiger partial charge in [-0.3, -0.25) is 4.79 Å². The molecule has 0 aromatic carbocycles. The highest BCUT2D eigenvalue weighted by Crippen LogP contribution is 1.93. The Balaban J connectivity index is 3.36. The van der Waals surface area contributed by atoms with Crippen molar-refractivity contribution in [3.63, 3.8) is 0 Å². The van der Waals surface area contributed by atoms with Crippen LogP contribution in [0.25, 0.3) is 0 Å². The second kappa shape index (κ2) is 8.05. The van der Waals surface area contributed by atoms with Crippen LogP contribution in [-0.4, -0.2) is 13.0 Å². The van der Waals surface area contributed by atoms with E-state index >= 15 is 0 Å². The minimum Gasteiger partial charge on any atom is -0.356 e. The first-order valence-corrected chi connectivity index (χ1v) is 4.34. The molecule has 0 rings (SSSR count). The van der Waals surface area contributed by atoms with Gasteiger partial charge in [0.05, 0.1) is 0 Å². The molecule has 0 saturated heterocycles. The lowest BCUT2D eigenvalue weighted by Gasteiger charge is -1.89. The summed E-state index contributed by atoms with van der Waals surface area (Å²) in [5.74, 6) is -0.0329. The molecule has 0 radical (unpaired) electrons. The standard InChI is InChI=1S/C10H17NO/c1-3-4-5-6-7-8-9-10(12)11-2/h4-5,8-9H,3,6-7H2,1-2H3,(H,11,12)/b5-4+,9-8+. The second-order valence-corrected chi connectivity index (χ2v) is 2.47. The van der Waals surface area contributed by atoms with E-state index in [1.54, 1.807) is 13.1 Å². The highest BCUT2D eigenvalue weighted by atomic mass is 16.1. The Kier molecular flexibility index (Phi) is 7.35. The van der Waals surface area contributed by atoms with E-state index in [2.05, 4.69) is 24.4 Å². The maximum Gasteiger partial charge on any atom is 0.243 e. The smallest absolute Gasteiger partial charge is 0.243 e. The predicted molar refractivity (Wildman–Crippen MR) is 51.9 cm³/mol. The minimum absolute atomic E-state index is 0.0329. The van der Waals surface area contributed by atoms with Gasteiger partial charge in [0.1, 0.15) is 0 Å². The maximum atomic E-state index is 10.7.